The lowest BCUT2D eigenvalue weighted by molar-refractivity contribution is -0.384. The van der Waals surface area contributed by atoms with Gasteiger partial charge < -0.3 is 10.5 Å². The number of rotatable bonds is 4. The summed E-state index contributed by atoms with van der Waals surface area (Å²) in [6, 6.07) is 7.27. The van der Waals surface area contributed by atoms with Crippen molar-refractivity contribution in [1.29, 1.82) is 0 Å². The second-order valence-corrected chi connectivity index (χ2v) is 4.57. The van der Waals surface area contributed by atoms with E-state index >= 15 is 0 Å². The smallest absolute Gasteiger partial charge is 0.271 e. The van der Waals surface area contributed by atoms with E-state index in [1.54, 1.807) is 25.3 Å². The summed E-state index contributed by atoms with van der Waals surface area (Å²) >= 11 is 5.97. The van der Waals surface area contributed by atoms with E-state index in [0.29, 0.717) is 5.88 Å². The molecule has 0 radical (unpaired) electrons. The molecule has 0 saturated carbocycles. The van der Waals surface area contributed by atoms with Crippen LogP contribution in [0.5, 0.6) is 11.6 Å². The van der Waals surface area contributed by atoms with Crippen LogP contribution in [0.2, 0.25) is 5.02 Å². The number of ether oxygens (including phenoxy) is 1. The molecule has 0 saturated heterocycles. The maximum Gasteiger partial charge on any atom is 0.271 e. The van der Waals surface area contributed by atoms with Crippen LogP contribution in [-0.2, 0) is 0 Å². The van der Waals surface area contributed by atoms with Crippen LogP contribution in [0.15, 0.2) is 36.5 Å². The summed E-state index contributed by atoms with van der Waals surface area (Å²) in [5.41, 5.74) is 6.45. The van der Waals surface area contributed by atoms with Crippen molar-refractivity contribution in [3.63, 3.8) is 0 Å². The standard InChI is InChI=1S/C13H12ClN3O3/c1-8(15)10-3-2-6-16-13(10)20-12-5-4-9(17(18)19)7-11(12)14/h2-8H,15H2,1H3/t8-/m0/s1. The van der Waals surface area contributed by atoms with Crippen LogP contribution in [0.4, 0.5) is 5.69 Å². The van der Waals surface area contributed by atoms with Crippen molar-refractivity contribution in [1.82, 2.24) is 4.98 Å². The molecule has 0 aliphatic heterocycles. The van der Waals surface area contributed by atoms with E-state index < -0.39 is 4.92 Å². The molecule has 0 bridgehead atoms. The molecule has 104 valence electrons. The Morgan fingerprint density at radius 2 is 2.20 bits per heavy atom. The average Bonchev–Trinajstić information content (AvgIpc) is 2.41. The zero-order valence-electron chi connectivity index (χ0n) is 10.6. The number of nitrogens with two attached hydrogens (primary N) is 1. The number of benzene rings is 1. The van der Waals surface area contributed by atoms with Gasteiger partial charge in [-0.25, -0.2) is 4.98 Å². The molecule has 20 heavy (non-hydrogen) atoms. The molecule has 1 heterocycles. The number of nitrogens with zero attached hydrogens (tertiary/aromatic N) is 2. The van der Waals surface area contributed by atoms with Crippen molar-refractivity contribution in [2.75, 3.05) is 0 Å². The van der Waals surface area contributed by atoms with E-state index in [1.165, 1.54) is 18.2 Å². The molecule has 6 nitrogen and oxygen atoms in total. The van der Waals surface area contributed by atoms with E-state index in [1.807, 2.05) is 0 Å². The average molecular weight is 294 g/mol. The normalized spacial score (nSPS) is 11.9. The largest absolute Gasteiger partial charge is 0.437 e. The molecule has 1 aromatic heterocycles. The molecule has 7 heteroatoms. The van der Waals surface area contributed by atoms with Crippen molar-refractivity contribution >= 4 is 17.3 Å². The van der Waals surface area contributed by atoms with Crippen LogP contribution in [-0.4, -0.2) is 9.91 Å². The number of non-ortho nitro benzene ring substituents is 1. The van der Waals surface area contributed by atoms with Gasteiger partial charge in [0, 0.05) is 29.9 Å². The number of aromatic nitrogens is 1. The van der Waals surface area contributed by atoms with Crippen LogP contribution in [0.3, 0.4) is 0 Å². The van der Waals surface area contributed by atoms with Crippen molar-refractivity contribution < 1.29 is 9.66 Å². The number of nitro benzene ring substituents is 1. The Balaban J connectivity index is 2.33. The molecule has 2 N–H and O–H groups in total. The fourth-order valence-electron chi connectivity index (χ4n) is 1.63. The molecule has 2 rings (SSSR count). The van der Waals surface area contributed by atoms with Crippen molar-refractivity contribution in [3.8, 4) is 11.6 Å². The summed E-state index contributed by atoms with van der Waals surface area (Å²) in [5, 5.41) is 10.8. The molecule has 0 amide bonds. The van der Waals surface area contributed by atoms with Gasteiger partial charge in [-0.05, 0) is 19.1 Å². The Bertz CT molecular complexity index is 647. The minimum absolute atomic E-state index is 0.101. The van der Waals surface area contributed by atoms with Gasteiger partial charge in [0.15, 0.2) is 0 Å². The van der Waals surface area contributed by atoms with Gasteiger partial charge in [0.05, 0.1) is 9.95 Å². The number of nitro groups is 1. The van der Waals surface area contributed by atoms with Crippen molar-refractivity contribution in [2.45, 2.75) is 13.0 Å². The van der Waals surface area contributed by atoms with Crippen LogP contribution in [0.25, 0.3) is 0 Å². The molecule has 0 aliphatic carbocycles. The number of hydrogen-bond acceptors (Lipinski definition) is 5. The Morgan fingerprint density at radius 3 is 2.80 bits per heavy atom. The maximum absolute atomic E-state index is 10.6. The molecule has 1 aromatic carbocycles. The fraction of sp³-hybridized carbons (Fsp3) is 0.154. The molecule has 0 fully saturated rings. The molecular weight excluding hydrogens is 282 g/mol. The predicted molar refractivity (Wildman–Crippen MR) is 75.0 cm³/mol. The Hall–Kier alpha value is -2.18. The zero-order valence-corrected chi connectivity index (χ0v) is 11.4. The summed E-state index contributed by atoms with van der Waals surface area (Å²) < 4.78 is 5.59. The first-order valence-corrected chi connectivity index (χ1v) is 6.19. The van der Waals surface area contributed by atoms with Crippen LogP contribution in [0, 0.1) is 10.1 Å². The Morgan fingerprint density at radius 1 is 1.45 bits per heavy atom. The zero-order chi connectivity index (χ0) is 14.7. The molecule has 0 spiro atoms. The maximum atomic E-state index is 10.6. The lowest BCUT2D eigenvalue weighted by atomic mass is 10.1. The summed E-state index contributed by atoms with van der Waals surface area (Å²) in [7, 11) is 0. The second kappa shape index (κ2) is 5.85. The number of pyridine rings is 1. The van der Waals surface area contributed by atoms with E-state index in [2.05, 4.69) is 4.98 Å². The number of hydrogen-bond donors (Lipinski definition) is 1. The highest BCUT2D eigenvalue weighted by Gasteiger charge is 2.14. The third-order valence-electron chi connectivity index (χ3n) is 2.62. The molecule has 1 atom stereocenters. The van der Waals surface area contributed by atoms with Gasteiger partial charge in [0.1, 0.15) is 5.75 Å². The topological polar surface area (TPSA) is 91.3 Å². The lowest BCUT2D eigenvalue weighted by Gasteiger charge is -2.12. The Kier molecular flexibility index (Phi) is 4.16. The van der Waals surface area contributed by atoms with Gasteiger partial charge in [-0.3, -0.25) is 10.1 Å². The minimum Gasteiger partial charge on any atom is -0.437 e. The minimum atomic E-state index is -0.524. The SMILES string of the molecule is C[C@H](N)c1cccnc1Oc1ccc([N+](=O)[O-])cc1Cl. The first-order valence-electron chi connectivity index (χ1n) is 5.81. The summed E-state index contributed by atoms with van der Waals surface area (Å²) in [6.45, 7) is 1.81. The van der Waals surface area contributed by atoms with Gasteiger partial charge in [-0.15, -0.1) is 0 Å². The third-order valence-corrected chi connectivity index (χ3v) is 2.92. The van der Waals surface area contributed by atoms with E-state index in [4.69, 9.17) is 22.1 Å². The second-order valence-electron chi connectivity index (χ2n) is 4.16. The van der Waals surface area contributed by atoms with Gasteiger partial charge in [-0.1, -0.05) is 17.7 Å². The lowest BCUT2D eigenvalue weighted by Crippen LogP contribution is -2.07. The quantitative estimate of drug-likeness (QED) is 0.688. The van der Waals surface area contributed by atoms with E-state index in [-0.39, 0.29) is 22.5 Å². The predicted octanol–water partition coefficient (Wildman–Crippen LogP) is 3.46. The van der Waals surface area contributed by atoms with E-state index in [9.17, 15) is 10.1 Å². The van der Waals surface area contributed by atoms with Crippen LogP contribution < -0.4 is 10.5 Å². The van der Waals surface area contributed by atoms with Gasteiger partial charge in [0.2, 0.25) is 5.88 Å². The molecule has 2 aromatic rings. The highest BCUT2D eigenvalue weighted by Crippen LogP contribution is 2.33. The van der Waals surface area contributed by atoms with Crippen molar-refractivity contribution in [2.24, 2.45) is 5.73 Å². The fourth-order valence-corrected chi connectivity index (χ4v) is 1.84. The highest BCUT2D eigenvalue weighted by atomic mass is 35.5. The van der Waals surface area contributed by atoms with Gasteiger partial charge >= 0.3 is 0 Å². The molecule has 0 aliphatic rings. The van der Waals surface area contributed by atoms with E-state index in [0.717, 1.165) is 5.56 Å². The monoisotopic (exact) mass is 293 g/mol. The summed E-state index contributed by atoms with van der Waals surface area (Å²) in [5.74, 6) is 0.621. The van der Waals surface area contributed by atoms with Crippen molar-refractivity contribution in [3.05, 3.63) is 57.2 Å². The molecule has 0 unspecified atom stereocenters. The summed E-state index contributed by atoms with van der Waals surface area (Å²) in [4.78, 5) is 14.2. The highest BCUT2D eigenvalue weighted by molar-refractivity contribution is 6.32. The molecular formula is C13H12ClN3O3. The first-order chi connectivity index (χ1) is 9.49. The van der Waals surface area contributed by atoms with Gasteiger partial charge in [0.25, 0.3) is 5.69 Å². The third kappa shape index (κ3) is 3.04. The first kappa shape index (κ1) is 14.2. The Labute approximate surface area is 120 Å². The van der Waals surface area contributed by atoms with Gasteiger partial charge in [-0.2, -0.15) is 0 Å². The van der Waals surface area contributed by atoms with Crippen LogP contribution in [0.1, 0.15) is 18.5 Å². The number of halogens is 1. The summed E-state index contributed by atoms with van der Waals surface area (Å²) in [6.07, 6.45) is 1.57. The van der Waals surface area contributed by atoms with Crippen LogP contribution >= 0.6 is 11.6 Å².